The van der Waals surface area contributed by atoms with E-state index in [4.69, 9.17) is 0 Å². The Hall–Kier alpha value is -1.99. The van der Waals surface area contributed by atoms with E-state index in [1.54, 1.807) is 0 Å². The molecule has 7 heteroatoms. The quantitative estimate of drug-likeness (QED) is 0.838. The average molecular weight is 357 g/mol. The minimum absolute atomic E-state index is 0.145. The van der Waals surface area contributed by atoms with Crippen molar-refractivity contribution in [3.63, 3.8) is 0 Å². The van der Waals surface area contributed by atoms with Gasteiger partial charge in [-0.3, -0.25) is 9.69 Å². The molecular weight excluding hydrogens is 334 g/mol. The Bertz CT molecular complexity index is 748. The van der Waals surface area contributed by atoms with Crippen LogP contribution in [0.2, 0.25) is 0 Å². The fourth-order valence-electron chi connectivity index (χ4n) is 3.58. The molecule has 6 nitrogen and oxygen atoms in total. The van der Waals surface area contributed by atoms with Crippen molar-refractivity contribution in [3.05, 3.63) is 40.0 Å². The molecule has 2 fully saturated rings. The Kier molecular flexibility index (Phi) is 4.43. The lowest BCUT2D eigenvalue weighted by atomic mass is 10.1. The molecule has 2 aliphatic heterocycles. The lowest BCUT2D eigenvalue weighted by Crippen LogP contribution is -2.64. The topological polar surface area (TPSA) is 52.6 Å². The van der Waals surface area contributed by atoms with E-state index in [9.17, 15) is 4.79 Å². The van der Waals surface area contributed by atoms with Crippen molar-refractivity contribution in [2.24, 2.45) is 0 Å². The van der Waals surface area contributed by atoms with E-state index in [2.05, 4.69) is 25.8 Å². The van der Waals surface area contributed by atoms with Crippen LogP contribution < -0.4 is 4.90 Å². The number of amides is 1. The minimum atomic E-state index is 0.145. The zero-order valence-corrected chi connectivity index (χ0v) is 15.5. The maximum absolute atomic E-state index is 12.6. The van der Waals surface area contributed by atoms with Crippen molar-refractivity contribution in [1.82, 2.24) is 19.8 Å². The molecule has 25 heavy (non-hydrogen) atoms. The van der Waals surface area contributed by atoms with Crippen LogP contribution >= 0.6 is 11.3 Å². The molecule has 4 rings (SSSR count). The summed E-state index contributed by atoms with van der Waals surface area (Å²) >= 11 is 1.51. The fourth-order valence-corrected chi connectivity index (χ4v) is 4.47. The van der Waals surface area contributed by atoms with Crippen LogP contribution in [0.5, 0.6) is 0 Å². The zero-order valence-electron chi connectivity index (χ0n) is 14.7. The normalized spacial score (nSPS) is 19.1. The molecule has 4 heterocycles. The van der Waals surface area contributed by atoms with Gasteiger partial charge in [0.15, 0.2) is 0 Å². The molecule has 2 aromatic rings. The van der Waals surface area contributed by atoms with E-state index in [1.807, 2.05) is 37.1 Å². The van der Waals surface area contributed by atoms with Crippen LogP contribution in [0, 0.1) is 13.8 Å². The number of aromatic nitrogens is 2. The van der Waals surface area contributed by atoms with E-state index < -0.39 is 0 Å². The van der Waals surface area contributed by atoms with Gasteiger partial charge < -0.3 is 9.80 Å². The number of pyridine rings is 1. The molecule has 132 valence electrons. The molecule has 0 unspecified atom stereocenters. The highest BCUT2D eigenvalue weighted by Crippen LogP contribution is 2.25. The monoisotopic (exact) mass is 357 g/mol. The molecule has 0 N–H and O–H groups in total. The third kappa shape index (κ3) is 3.26. The van der Waals surface area contributed by atoms with Crippen LogP contribution in [0.25, 0.3) is 0 Å². The Morgan fingerprint density at radius 2 is 1.92 bits per heavy atom. The van der Waals surface area contributed by atoms with Gasteiger partial charge in [0.25, 0.3) is 5.91 Å². The average Bonchev–Trinajstić information content (AvgIpc) is 2.93. The summed E-state index contributed by atoms with van der Waals surface area (Å²) in [5.74, 6) is 1.20. The van der Waals surface area contributed by atoms with Crippen LogP contribution in [0.3, 0.4) is 0 Å². The number of rotatable bonds is 3. The third-order valence-electron chi connectivity index (χ3n) is 5.05. The minimum Gasteiger partial charge on any atom is -0.354 e. The largest absolute Gasteiger partial charge is 0.354 e. The number of carbonyl (C=O) groups excluding carboxylic acids is 1. The molecule has 2 saturated heterocycles. The number of hydrogen-bond acceptors (Lipinski definition) is 6. The molecule has 0 spiro atoms. The van der Waals surface area contributed by atoms with Gasteiger partial charge in [-0.1, -0.05) is 6.07 Å². The number of likely N-dealkylation sites (tertiary alicyclic amines) is 1. The first-order chi connectivity index (χ1) is 12.1. The Labute approximate surface area is 152 Å². The van der Waals surface area contributed by atoms with E-state index in [-0.39, 0.29) is 5.91 Å². The predicted molar refractivity (Wildman–Crippen MR) is 99.3 cm³/mol. The summed E-state index contributed by atoms with van der Waals surface area (Å²) in [6.07, 6.45) is 1.85. The molecule has 0 atom stereocenters. The summed E-state index contributed by atoms with van der Waals surface area (Å²) in [4.78, 5) is 29.0. The number of piperazine rings is 1. The molecule has 1 amide bonds. The number of hydrogen-bond donors (Lipinski definition) is 0. The number of carbonyl (C=O) groups is 1. The summed E-state index contributed by atoms with van der Waals surface area (Å²) in [7, 11) is 0. The maximum atomic E-state index is 12.6. The highest BCUT2D eigenvalue weighted by Gasteiger charge is 2.37. The second-order valence-electron chi connectivity index (χ2n) is 6.72. The number of anilines is 1. The van der Waals surface area contributed by atoms with Crippen molar-refractivity contribution in [3.8, 4) is 0 Å². The SMILES string of the molecule is Cc1nc(C)c(C(=O)N2CC(N3CCN(c4ccccn4)CC3)C2)s1. The van der Waals surface area contributed by atoms with Crippen LogP contribution in [-0.2, 0) is 0 Å². The van der Waals surface area contributed by atoms with Crippen LogP contribution in [0.1, 0.15) is 20.4 Å². The van der Waals surface area contributed by atoms with Gasteiger partial charge in [-0.2, -0.15) is 0 Å². The number of aryl methyl sites for hydroxylation is 2. The smallest absolute Gasteiger partial charge is 0.265 e. The Morgan fingerprint density at radius 1 is 1.16 bits per heavy atom. The molecule has 0 aliphatic carbocycles. The molecule has 0 saturated carbocycles. The second-order valence-corrected chi connectivity index (χ2v) is 7.93. The standard InChI is InChI=1S/C18H23N5OS/c1-13-17(25-14(2)20-13)18(24)23-11-15(12-23)21-7-9-22(10-8-21)16-5-3-4-6-19-16/h3-6,15H,7-12H2,1-2H3. The highest BCUT2D eigenvalue weighted by molar-refractivity contribution is 7.13. The van der Waals surface area contributed by atoms with Crippen molar-refractivity contribution in [1.29, 1.82) is 0 Å². The number of thiazole rings is 1. The first-order valence-electron chi connectivity index (χ1n) is 8.75. The molecule has 0 radical (unpaired) electrons. The summed E-state index contributed by atoms with van der Waals surface area (Å²) in [6.45, 7) is 9.59. The Balaban J connectivity index is 1.29. The van der Waals surface area contributed by atoms with Gasteiger partial charge >= 0.3 is 0 Å². The number of nitrogens with zero attached hydrogens (tertiary/aromatic N) is 5. The summed E-state index contributed by atoms with van der Waals surface area (Å²) in [6, 6.07) is 6.54. The lowest BCUT2D eigenvalue weighted by Gasteiger charge is -2.48. The first-order valence-corrected chi connectivity index (χ1v) is 9.57. The lowest BCUT2D eigenvalue weighted by molar-refractivity contribution is 0.0249. The van der Waals surface area contributed by atoms with Crippen molar-refractivity contribution in [2.75, 3.05) is 44.2 Å². The van der Waals surface area contributed by atoms with Crippen LogP contribution in [0.4, 0.5) is 5.82 Å². The van der Waals surface area contributed by atoms with Gasteiger partial charge in [-0.25, -0.2) is 9.97 Å². The zero-order chi connectivity index (χ0) is 17.4. The molecular formula is C18H23N5OS. The summed E-state index contributed by atoms with van der Waals surface area (Å²) in [5, 5.41) is 0.962. The van der Waals surface area contributed by atoms with E-state index in [0.717, 1.165) is 60.7 Å². The van der Waals surface area contributed by atoms with Gasteiger partial charge in [0.1, 0.15) is 10.7 Å². The predicted octanol–water partition coefficient (Wildman–Crippen LogP) is 1.80. The van der Waals surface area contributed by atoms with E-state index in [0.29, 0.717) is 6.04 Å². The summed E-state index contributed by atoms with van der Waals surface area (Å²) in [5.41, 5.74) is 0.861. The van der Waals surface area contributed by atoms with Crippen LogP contribution in [-0.4, -0.2) is 71.0 Å². The molecule has 0 aromatic carbocycles. The van der Waals surface area contributed by atoms with Crippen molar-refractivity contribution >= 4 is 23.1 Å². The van der Waals surface area contributed by atoms with Gasteiger partial charge in [-0.15, -0.1) is 11.3 Å². The van der Waals surface area contributed by atoms with Crippen LogP contribution in [0.15, 0.2) is 24.4 Å². The van der Waals surface area contributed by atoms with Gasteiger partial charge in [0.2, 0.25) is 0 Å². The molecule has 2 aliphatic rings. The molecule has 0 bridgehead atoms. The second kappa shape index (κ2) is 6.72. The van der Waals surface area contributed by atoms with Gasteiger partial charge in [0.05, 0.1) is 10.7 Å². The fraction of sp³-hybridized carbons (Fsp3) is 0.500. The van der Waals surface area contributed by atoms with Crippen molar-refractivity contribution < 1.29 is 4.79 Å². The maximum Gasteiger partial charge on any atom is 0.265 e. The van der Waals surface area contributed by atoms with E-state index in [1.165, 1.54) is 11.3 Å². The van der Waals surface area contributed by atoms with Gasteiger partial charge in [0, 0.05) is 51.5 Å². The summed E-state index contributed by atoms with van der Waals surface area (Å²) < 4.78 is 0. The Morgan fingerprint density at radius 3 is 2.52 bits per heavy atom. The highest BCUT2D eigenvalue weighted by atomic mass is 32.1. The van der Waals surface area contributed by atoms with Gasteiger partial charge in [-0.05, 0) is 26.0 Å². The molecule has 2 aromatic heterocycles. The first kappa shape index (κ1) is 16.5. The van der Waals surface area contributed by atoms with Crippen molar-refractivity contribution in [2.45, 2.75) is 19.9 Å². The van der Waals surface area contributed by atoms with E-state index >= 15 is 0 Å². The third-order valence-corrected chi connectivity index (χ3v) is 6.11.